The molecule has 4 N–H and O–H groups in total. The van der Waals surface area contributed by atoms with E-state index in [1.807, 2.05) is 12.4 Å². The van der Waals surface area contributed by atoms with Crippen LogP contribution in [0, 0.1) is 11.6 Å². The van der Waals surface area contributed by atoms with Crippen molar-refractivity contribution < 1.29 is 37.5 Å². The van der Waals surface area contributed by atoms with Gasteiger partial charge >= 0.3 is 0 Å². The van der Waals surface area contributed by atoms with E-state index in [1.165, 1.54) is 10.1 Å². The molecule has 0 atom stereocenters. The number of aliphatic hydroxyl groups excluding tert-OH is 1. The van der Waals surface area contributed by atoms with Gasteiger partial charge in [-0.1, -0.05) is 32.8 Å². The van der Waals surface area contributed by atoms with Crippen molar-refractivity contribution in [2.75, 3.05) is 31.7 Å². The van der Waals surface area contributed by atoms with Gasteiger partial charge in [0.05, 0.1) is 36.4 Å². The van der Waals surface area contributed by atoms with Crippen molar-refractivity contribution in [2.24, 2.45) is 5.16 Å². The first kappa shape index (κ1) is 26.5. The molecule has 1 heterocycles. The van der Waals surface area contributed by atoms with Gasteiger partial charge in [-0.25, -0.2) is 18.7 Å². The highest BCUT2D eigenvalue weighted by molar-refractivity contribution is 14.2. The van der Waals surface area contributed by atoms with Gasteiger partial charge in [-0.15, -0.1) is 0 Å². The second-order valence-electron chi connectivity index (χ2n) is 6.29. The third-order valence-corrected chi connectivity index (χ3v) is 5.53. The van der Waals surface area contributed by atoms with Crippen LogP contribution in [0.5, 0.6) is 0 Å². The minimum absolute atomic E-state index is 0.146. The second kappa shape index (κ2) is 13.7. The van der Waals surface area contributed by atoms with Crippen molar-refractivity contribution in [3.05, 3.63) is 50.5 Å². The van der Waals surface area contributed by atoms with Crippen LogP contribution in [-0.2, 0) is 14.5 Å². The zero-order valence-corrected chi connectivity index (χ0v) is 19.6. The molecule has 0 saturated heterocycles. The van der Waals surface area contributed by atoms with Crippen LogP contribution < -0.4 is 16.1 Å². The highest BCUT2D eigenvalue weighted by atomic mass is 127. The monoisotopic (exact) mass is 582 g/mol. The fourth-order valence-electron chi connectivity index (χ4n) is 2.33. The number of aliphatic hydroxyl groups is 1. The molecule has 1 aromatic rings. The maximum Gasteiger partial charge on any atom is 0.277 e. The van der Waals surface area contributed by atoms with Crippen LogP contribution in [-0.4, -0.2) is 53.5 Å². The standard InChI is InChI=1S/C20H22F3IN4O5/c1-2-5-25-16(30)11-33-26-10-12-8-13(20(31)28-32-7-6-29)19(18(23)17(12)22)27-15-3-4-24-9-14(15)21/h3-4,8-10,27,29H,2,5-7,11H2,1H3,(H,25,30)(H,28,31)/b26-10+. The number of allylic oxidation sites excluding steroid dienone is 2. The molecule has 1 aliphatic heterocycles. The summed E-state index contributed by atoms with van der Waals surface area (Å²) in [5, 5.41) is 17.1. The molecule has 0 unspecified atom stereocenters. The number of benzene rings is 1. The van der Waals surface area contributed by atoms with Gasteiger partial charge < -0.3 is 20.6 Å². The van der Waals surface area contributed by atoms with Crippen molar-refractivity contribution in [3.63, 3.8) is 0 Å². The zero-order chi connectivity index (χ0) is 24.2. The largest absolute Gasteiger partial charge is 0.394 e. The molecule has 0 aromatic heterocycles. The Balaban J connectivity index is 2.32. The molecule has 0 fully saturated rings. The van der Waals surface area contributed by atoms with Crippen LogP contribution in [0.4, 0.5) is 18.9 Å². The summed E-state index contributed by atoms with van der Waals surface area (Å²) in [5.41, 5.74) is 0.310. The summed E-state index contributed by atoms with van der Waals surface area (Å²) in [6.07, 6.45) is 2.89. The number of anilines is 1. The van der Waals surface area contributed by atoms with Gasteiger partial charge in [0.2, 0.25) is 0 Å². The fraction of sp³-hybridized carbons (Fsp3) is 0.300. The van der Waals surface area contributed by atoms with E-state index >= 15 is 0 Å². The Morgan fingerprint density at radius 1 is 1.27 bits per heavy atom. The molecule has 13 heteroatoms. The van der Waals surface area contributed by atoms with E-state index in [-0.39, 0.29) is 12.3 Å². The Bertz CT molecular complexity index is 998. The number of hydroxylamine groups is 1. The molecule has 2 amide bonds. The SMILES string of the molecule is CCCNC(=O)CO/N=C/c1cc(C(=O)NOCCO)c(NC2=C(F)C=IC=C2)c(F)c1F. The summed E-state index contributed by atoms with van der Waals surface area (Å²) in [6, 6.07) is 0.948. The average molecular weight is 582 g/mol. The lowest BCUT2D eigenvalue weighted by Gasteiger charge is -2.16. The Labute approximate surface area is 197 Å². The van der Waals surface area contributed by atoms with Gasteiger partial charge in [0.15, 0.2) is 24.1 Å². The first-order chi connectivity index (χ1) is 15.9. The Morgan fingerprint density at radius 3 is 2.76 bits per heavy atom. The van der Waals surface area contributed by atoms with Crippen molar-refractivity contribution in [2.45, 2.75) is 13.3 Å². The number of oxime groups is 1. The molecular weight excluding hydrogens is 560 g/mol. The summed E-state index contributed by atoms with van der Waals surface area (Å²) in [7, 11) is 0. The van der Waals surface area contributed by atoms with E-state index in [9.17, 15) is 22.8 Å². The molecule has 1 aromatic carbocycles. The third kappa shape index (κ3) is 7.94. The average Bonchev–Trinajstić information content (AvgIpc) is 2.80. The van der Waals surface area contributed by atoms with E-state index in [0.29, 0.717) is 6.54 Å². The minimum atomic E-state index is -1.47. The summed E-state index contributed by atoms with van der Waals surface area (Å²) < 4.78 is 46.6. The van der Waals surface area contributed by atoms with Gasteiger partial charge in [-0.2, -0.15) is 0 Å². The van der Waals surface area contributed by atoms with Crippen molar-refractivity contribution in [1.82, 2.24) is 10.8 Å². The van der Waals surface area contributed by atoms with Crippen LogP contribution >= 0.6 is 20.7 Å². The van der Waals surface area contributed by atoms with Crippen molar-refractivity contribution >= 4 is 48.5 Å². The van der Waals surface area contributed by atoms with E-state index in [2.05, 4.69) is 15.8 Å². The molecule has 9 nitrogen and oxygen atoms in total. The lowest BCUT2D eigenvalue weighted by Crippen LogP contribution is -2.27. The molecule has 33 heavy (non-hydrogen) atoms. The predicted octanol–water partition coefficient (Wildman–Crippen LogP) is 2.39. The molecule has 0 radical (unpaired) electrons. The number of hydrogen-bond acceptors (Lipinski definition) is 7. The van der Waals surface area contributed by atoms with Gasteiger partial charge in [0, 0.05) is 16.1 Å². The number of amides is 2. The molecular formula is C20H22F3IN4O5. The van der Waals surface area contributed by atoms with E-state index < -0.39 is 80.0 Å². The van der Waals surface area contributed by atoms with Crippen molar-refractivity contribution in [3.8, 4) is 0 Å². The lowest BCUT2D eigenvalue weighted by molar-refractivity contribution is -0.125. The Morgan fingerprint density at radius 2 is 2.06 bits per heavy atom. The van der Waals surface area contributed by atoms with Gasteiger partial charge in [-0.05, 0) is 22.6 Å². The molecule has 0 bridgehead atoms. The number of rotatable bonds is 12. The quantitative estimate of drug-likeness (QED) is 0.130. The Kier molecular flexibility index (Phi) is 11.0. The fourth-order valence-corrected chi connectivity index (χ4v) is 3.76. The maximum absolute atomic E-state index is 14.9. The van der Waals surface area contributed by atoms with Gasteiger partial charge in [-0.3, -0.25) is 14.4 Å². The van der Waals surface area contributed by atoms with Crippen LogP contribution in [0.1, 0.15) is 29.3 Å². The van der Waals surface area contributed by atoms with Gasteiger partial charge in [0.25, 0.3) is 11.8 Å². The zero-order valence-electron chi connectivity index (χ0n) is 17.5. The van der Waals surface area contributed by atoms with E-state index in [4.69, 9.17) is 14.8 Å². The van der Waals surface area contributed by atoms with Crippen LogP contribution in [0.3, 0.4) is 0 Å². The Hall–Kier alpha value is -2.78. The number of nitrogens with one attached hydrogen (secondary N) is 3. The first-order valence-electron chi connectivity index (χ1n) is 9.64. The molecule has 0 spiro atoms. The number of hydrogen-bond donors (Lipinski definition) is 4. The molecule has 180 valence electrons. The lowest BCUT2D eigenvalue weighted by atomic mass is 10.1. The summed E-state index contributed by atoms with van der Waals surface area (Å²) >= 11 is -0.626. The maximum atomic E-state index is 14.9. The summed E-state index contributed by atoms with van der Waals surface area (Å²) in [5.74, 6) is -4.95. The van der Waals surface area contributed by atoms with Crippen LogP contribution in [0.15, 0.2) is 32.9 Å². The van der Waals surface area contributed by atoms with E-state index in [0.717, 1.165) is 18.7 Å². The number of halogens is 4. The minimum Gasteiger partial charge on any atom is -0.394 e. The normalized spacial score (nSPS) is 13.1. The summed E-state index contributed by atoms with van der Waals surface area (Å²) in [4.78, 5) is 33.5. The topological polar surface area (TPSA) is 121 Å². The number of carbonyl (C=O) groups excluding carboxylic acids is 2. The van der Waals surface area contributed by atoms with Crippen molar-refractivity contribution in [1.29, 1.82) is 0 Å². The number of nitrogens with zero attached hydrogens (tertiary/aromatic N) is 1. The van der Waals surface area contributed by atoms with Crippen LogP contribution in [0.25, 0.3) is 0 Å². The molecule has 2 rings (SSSR count). The van der Waals surface area contributed by atoms with E-state index in [1.54, 1.807) is 4.08 Å². The molecule has 1 aliphatic rings. The highest BCUT2D eigenvalue weighted by Gasteiger charge is 2.24. The predicted molar refractivity (Wildman–Crippen MR) is 125 cm³/mol. The van der Waals surface area contributed by atoms with Crippen LogP contribution in [0.2, 0.25) is 0 Å². The second-order valence-corrected chi connectivity index (χ2v) is 8.35. The first-order valence-corrected chi connectivity index (χ1v) is 12.1. The smallest absolute Gasteiger partial charge is 0.277 e. The molecule has 0 aliphatic carbocycles. The summed E-state index contributed by atoms with van der Waals surface area (Å²) in [6.45, 7) is 1.23. The number of carbonyl (C=O) groups is 2. The molecule has 0 saturated carbocycles. The highest BCUT2D eigenvalue weighted by Crippen LogP contribution is 2.29. The third-order valence-electron chi connectivity index (χ3n) is 3.85. The van der Waals surface area contributed by atoms with Gasteiger partial charge in [0.1, 0.15) is 0 Å².